The van der Waals surface area contributed by atoms with Crippen LogP contribution in [0.5, 0.6) is 5.75 Å². The van der Waals surface area contributed by atoms with E-state index in [9.17, 15) is 4.79 Å². The lowest BCUT2D eigenvalue weighted by molar-refractivity contribution is 0.0601. The highest BCUT2D eigenvalue weighted by atomic mass is 16.5. The van der Waals surface area contributed by atoms with E-state index in [-0.39, 0.29) is 5.97 Å². The highest BCUT2D eigenvalue weighted by Gasteiger charge is 2.25. The maximum absolute atomic E-state index is 12.2. The summed E-state index contributed by atoms with van der Waals surface area (Å²) < 4.78 is 11.2. The molecule has 2 N–H and O–H groups in total. The van der Waals surface area contributed by atoms with Crippen LogP contribution in [0.4, 0.5) is 0 Å². The third-order valence-electron chi connectivity index (χ3n) is 7.40. The molecule has 3 aromatic carbocycles. The van der Waals surface area contributed by atoms with Gasteiger partial charge in [-0.05, 0) is 60.2 Å². The minimum atomic E-state index is -0.321. The van der Waals surface area contributed by atoms with E-state index >= 15 is 0 Å². The number of hydrogen-bond donors (Lipinski definition) is 2. The second kappa shape index (κ2) is 9.57. The maximum Gasteiger partial charge on any atom is 0.337 e. The van der Waals surface area contributed by atoms with Crippen LogP contribution in [0.1, 0.15) is 59.5 Å². The van der Waals surface area contributed by atoms with E-state index in [0.29, 0.717) is 18.1 Å². The number of carbonyl (C=O) groups is 1. The zero-order valence-electron chi connectivity index (χ0n) is 20.5. The highest BCUT2D eigenvalue weighted by molar-refractivity contribution is 5.99. The standard InChI is InChI=1S/C31H30N2O3/c1-35-31(34)22-15-16-23-26(17-22)33-30(29(23)21-11-6-3-7-12-21)27-18-24-25(32-27)13-8-14-28(24)36-19-20-9-4-2-5-10-20/h2,4-5,8-10,13-18,21,32-33H,3,6-7,11-12,19H2,1H3. The Labute approximate surface area is 210 Å². The van der Waals surface area contributed by atoms with Crippen molar-refractivity contribution in [3.8, 4) is 17.1 Å². The van der Waals surface area contributed by atoms with Gasteiger partial charge in [0.05, 0.1) is 24.1 Å². The van der Waals surface area contributed by atoms with Crippen LogP contribution in [0.2, 0.25) is 0 Å². The Balaban J connectivity index is 1.44. The quantitative estimate of drug-likeness (QED) is 0.245. The third-order valence-corrected chi connectivity index (χ3v) is 7.40. The summed E-state index contributed by atoms with van der Waals surface area (Å²) in [7, 11) is 1.42. The fraction of sp³-hybridized carbons (Fsp3) is 0.258. The van der Waals surface area contributed by atoms with Gasteiger partial charge in [-0.2, -0.15) is 0 Å². The van der Waals surface area contributed by atoms with Crippen LogP contribution >= 0.6 is 0 Å². The van der Waals surface area contributed by atoms with Crippen LogP contribution in [0.25, 0.3) is 33.2 Å². The number of aromatic amines is 2. The van der Waals surface area contributed by atoms with Gasteiger partial charge in [0.2, 0.25) is 0 Å². The van der Waals surface area contributed by atoms with E-state index in [2.05, 4.69) is 40.3 Å². The maximum atomic E-state index is 12.2. The van der Waals surface area contributed by atoms with Gasteiger partial charge in [-0.25, -0.2) is 4.79 Å². The summed E-state index contributed by atoms with van der Waals surface area (Å²) in [5.74, 6) is 1.03. The molecule has 5 aromatic rings. The van der Waals surface area contributed by atoms with Crippen LogP contribution in [-0.2, 0) is 11.3 Å². The minimum absolute atomic E-state index is 0.321. The molecule has 2 heterocycles. The molecule has 0 unspecified atom stereocenters. The van der Waals surface area contributed by atoms with Gasteiger partial charge in [0.1, 0.15) is 12.4 Å². The molecule has 5 nitrogen and oxygen atoms in total. The normalized spacial score (nSPS) is 14.4. The molecular weight excluding hydrogens is 448 g/mol. The van der Waals surface area contributed by atoms with Gasteiger partial charge >= 0.3 is 5.97 Å². The molecule has 36 heavy (non-hydrogen) atoms. The fourth-order valence-electron chi connectivity index (χ4n) is 5.62. The number of rotatable bonds is 6. The number of ether oxygens (including phenoxy) is 2. The van der Waals surface area contributed by atoms with E-state index < -0.39 is 0 Å². The van der Waals surface area contributed by atoms with Gasteiger partial charge in [0, 0.05) is 21.8 Å². The summed E-state index contributed by atoms with van der Waals surface area (Å²) in [6.07, 6.45) is 6.17. The van der Waals surface area contributed by atoms with Gasteiger partial charge in [0.25, 0.3) is 0 Å². The number of benzene rings is 3. The summed E-state index contributed by atoms with van der Waals surface area (Å²) in [5.41, 5.74) is 7.19. The van der Waals surface area contributed by atoms with E-state index in [1.807, 2.05) is 42.5 Å². The zero-order chi connectivity index (χ0) is 24.5. The van der Waals surface area contributed by atoms with Crippen LogP contribution in [0, 0.1) is 0 Å². The first-order chi connectivity index (χ1) is 17.7. The molecule has 182 valence electrons. The number of hydrogen-bond acceptors (Lipinski definition) is 3. The second-order valence-electron chi connectivity index (χ2n) is 9.68. The van der Waals surface area contributed by atoms with Crippen molar-refractivity contribution < 1.29 is 14.3 Å². The zero-order valence-corrected chi connectivity index (χ0v) is 20.5. The first-order valence-electron chi connectivity index (χ1n) is 12.7. The highest BCUT2D eigenvalue weighted by Crippen LogP contribution is 2.43. The fourth-order valence-corrected chi connectivity index (χ4v) is 5.62. The molecule has 1 aliphatic carbocycles. The Kier molecular flexibility index (Phi) is 5.98. The van der Waals surface area contributed by atoms with Crippen molar-refractivity contribution in [3.63, 3.8) is 0 Å². The molecule has 0 amide bonds. The van der Waals surface area contributed by atoms with Crippen LogP contribution < -0.4 is 4.74 Å². The largest absolute Gasteiger partial charge is 0.488 e. The van der Waals surface area contributed by atoms with E-state index in [1.54, 1.807) is 0 Å². The number of esters is 1. The molecule has 1 aliphatic rings. The van der Waals surface area contributed by atoms with E-state index in [0.717, 1.165) is 39.1 Å². The number of nitrogens with one attached hydrogen (secondary N) is 2. The molecule has 1 saturated carbocycles. The Morgan fingerprint density at radius 1 is 0.861 bits per heavy atom. The molecule has 5 heteroatoms. The lowest BCUT2D eigenvalue weighted by Crippen LogP contribution is -2.05. The molecule has 2 aromatic heterocycles. The van der Waals surface area contributed by atoms with Crippen LogP contribution in [0.3, 0.4) is 0 Å². The number of H-pyrrole nitrogens is 2. The SMILES string of the molecule is COC(=O)c1ccc2c(C3CCCCC3)c(-c3cc4c(OCc5ccccc5)cccc4[nH]3)[nH]c2c1. The summed E-state index contributed by atoms with van der Waals surface area (Å²) in [4.78, 5) is 19.5. The smallest absolute Gasteiger partial charge is 0.337 e. The van der Waals surface area contributed by atoms with Crippen molar-refractivity contribution in [1.82, 2.24) is 9.97 Å². The van der Waals surface area contributed by atoms with Crippen molar-refractivity contribution in [3.05, 3.63) is 89.5 Å². The first kappa shape index (κ1) is 22.5. The molecule has 0 radical (unpaired) electrons. The second-order valence-corrected chi connectivity index (χ2v) is 9.68. The molecule has 0 atom stereocenters. The Morgan fingerprint density at radius 3 is 2.50 bits per heavy atom. The predicted octanol–water partition coefficient (Wildman–Crippen LogP) is 7.73. The topological polar surface area (TPSA) is 67.1 Å². The molecule has 0 bridgehead atoms. The first-order valence-corrected chi connectivity index (χ1v) is 12.7. The Morgan fingerprint density at radius 2 is 1.69 bits per heavy atom. The van der Waals surface area contributed by atoms with Gasteiger partial charge in [-0.15, -0.1) is 0 Å². The third kappa shape index (κ3) is 4.15. The van der Waals surface area contributed by atoms with Crippen LogP contribution in [0.15, 0.2) is 72.8 Å². The number of aromatic nitrogens is 2. The molecule has 0 spiro atoms. The lowest BCUT2D eigenvalue weighted by Gasteiger charge is -2.22. The van der Waals surface area contributed by atoms with Gasteiger partial charge in [0.15, 0.2) is 0 Å². The average molecular weight is 479 g/mol. The summed E-state index contributed by atoms with van der Waals surface area (Å²) in [6, 6.07) is 24.4. The van der Waals surface area contributed by atoms with Crippen LogP contribution in [-0.4, -0.2) is 23.0 Å². The van der Waals surface area contributed by atoms with Gasteiger partial charge < -0.3 is 19.4 Å². The summed E-state index contributed by atoms with van der Waals surface area (Å²) >= 11 is 0. The molecule has 0 aliphatic heterocycles. The minimum Gasteiger partial charge on any atom is -0.488 e. The van der Waals surface area contributed by atoms with Crippen molar-refractivity contribution in [2.45, 2.75) is 44.6 Å². The number of fused-ring (bicyclic) bond motifs is 2. The monoisotopic (exact) mass is 478 g/mol. The molecule has 6 rings (SSSR count). The van der Waals surface area contributed by atoms with Crippen molar-refractivity contribution >= 4 is 27.8 Å². The van der Waals surface area contributed by atoms with Crippen molar-refractivity contribution in [1.29, 1.82) is 0 Å². The summed E-state index contributed by atoms with van der Waals surface area (Å²) in [5, 5.41) is 2.25. The predicted molar refractivity (Wildman–Crippen MR) is 144 cm³/mol. The van der Waals surface area contributed by atoms with Crippen molar-refractivity contribution in [2.24, 2.45) is 0 Å². The summed E-state index contributed by atoms with van der Waals surface area (Å²) in [6.45, 7) is 0.524. The van der Waals surface area contributed by atoms with Gasteiger partial charge in [-0.3, -0.25) is 0 Å². The number of methoxy groups -OCH3 is 1. The Bertz CT molecular complexity index is 1520. The number of carbonyl (C=O) groups excluding carboxylic acids is 1. The molecule has 0 saturated heterocycles. The van der Waals surface area contributed by atoms with E-state index in [4.69, 9.17) is 9.47 Å². The molecular formula is C31H30N2O3. The van der Waals surface area contributed by atoms with Gasteiger partial charge in [-0.1, -0.05) is 61.7 Å². The van der Waals surface area contributed by atoms with Crippen molar-refractivity contribution in [2.75, 3.05) is 7.11 Å². The Hall–Kier alpha value is -3.99. The molecule has 1 fully saturated rings. The van der Waals surface area contributed by atoms with E-state index in [1.165, 1.54) is 50.2 Å². The average Bonchev–Trinajstić information content (AvgIpc) is 3.54. The lowest BCUT2D eigenvalue weighted by atomic mass is 9.82.